The number of hydrogen-bond acceptors (Lipinski definition) is 3. The summed E-state index contributed by atoms with van der Waals surface area (Å²) in [5.74, 6) is 0.845. The largest absolute Gasteiger partial charge is 0.494 e. The number of methoxy groups -OCH3 is 1. The Kier molecular flexibility index (Phi) is 3.93. The second kappa shape index (κ2) is 5.58. The van der Waals surface area contributed by atoms with Crippen LogP contribution in [0.15, 0.2) is 18.2 Å². The SMILES string of the molecule is COc1ccc(CN2CC(C)(C3CC3)NCC2C)cc1F. The van der Waals surface area contributed by atoms with E-state index in [4.69, 9.17) is 4.74 Å². The van der Waals surface area contributed by atoms with E-state index in [9.17, 15) is 4.39 Å². The van der Waals surface area contributed by atoms with Crippen molar-refractivity contribution in [3.05, 3.63) is 29.6 Å². The fraction of sp³-hybridized carbons (Fsp3) is 0.647. The van der Waals surface area contributed by atoms with Crippen LogP contribution < -0.4 is 10.1 Å². The normalized spacial score (nSPS) is 30.4. The molecule has 0 aromatic heterocycles. The first-order chi connectivity index (χ1) is 10.0. The lowest BCUT2D eigenvalue weighted by Gasteiger charge is -2.45. The number of nitrogens with zero attached hydrogens (tertiary/aromatic N) is 1. The fourth-order valence-electron chi connectivity index (χ4n) is 3.39. The lowest BCUT2D eigenvalue weighted by atomic mass is 9.91. The first kappa shape index (κ1) is 14.8. The van der Waals surface area contributed by atoms with Gasteiger partial charge in [0.05, 0.1) is 7.11 Å². The van der Waals surface area contributed by atoms with Crippen LogP contribution in [0.25, 0.3) is 0 Å². The average molecular weight is 292 g/mol. The molecule has 116 valence electrons. The van der Waals surface area contributed by atoms with E-state index in [2.05, 4.69) is 24.1 Å². The number of ether oxygens (including phenoxy) is 1. The molecule has 1 aromatic carbocycles. The van der Waals surface area contributed by atoms with Crippen LogP contribution in [0.5, 0.6) is 5.75 Å². The summed E-state index contributed by atoms with van der Waals surface area (Å²) >= 11 is 0. The van der Waals surface area contributed by atoms with Gasteiger partial charge >= 0.3 is 0 Å². The maximum absolute atomic E-state index is 13.8. The molecule has 1 N–H and O–H groups in total. The summed E-state index contributed by atoms with van der Waals surface area (Å²) in [6, 6.07) is 5.76. The molecule has 2 fully saturated rings. The first-order valence-corrected chi connectivity index (χ1v) is 7.83. The number of nitrogens with one attached hydrogen (secondary N) is 1. The molecule has 4 heteroatoms. The second-order valence-corrected chi connectivity index (χ2v) is 6.80. The lowest BCUT2D eigenvalue weighted by molar-refractivity contribution is 0.0769. The molecule has 21 heavy (non-hydrogen) atoms. The van der Waals surface area contributed by atoms with Gasteiger partial charge in [0.15, 0.2) is 11.6 Å². The van der Waals surface area contributed by atoms with Crippen molar-refractivity contribution in [2.75, 3.05) is 20.2 Å². The van der Waals surface area contributed by atoms with E-state index in [1.54, 1.807) is 12.1 Å². The van der Waals surface area contributed by atoms with Gasteiger partial charge in [0.1, 0.15) is 0 Å². The van der Waals surface area contributed by atoms with Crippen LogP contribution in [0, 0.1) is 11.7 Å². The maximum atomic E-state index is 13.8. The van der Waals surface area contributed by atoms with Crippen molar-refractivity contribution in [3.63, 3.8) is 0 Å². The van der Waals surface area contributed by atoms with Gasteiger partial charge in [-0.25, -0.2) is 4.39 Å². The molecule has 3 nitrogen and oxygen atoms in total. The van der Waals surface area contributed by atoms with Gasteiger partial charge in [0.2, 0.25) is 0 Å². The second-order valence-electron chi connectivity index (χ2n) is 6.80. The Labute approximate surface area is 126 Å². The molecule has 0 amide bonds. The van der Waals surface area contributed by atoms with Crippen LogP contribution in [0.4, 0.5) is 4.39 Å². The Morgan fingerprint density at radius 3 is 2.81 bits per heavy atom. The van der Waals surface area contributed by atoms with Crippen LogP contribution >= 0.6 is 0 Å². The Morgan fingerprint density at radius 2 is 2.19 bits per heavy atom. The molecular weight excluding hydrogens is 267 g/mol. The van der Waals surface area contributed by atoms with E-state index in [-0.39, 0.29) is 11.4 Å². The van der Waals surface area contributed by atoms with Gasteiger partial charge in [0, 0.05) is 31.2 Å². The van der Waals surface area contributed by atoms with E-state index in [0.717, 1.165) is 31.1 Å². The molecular formula is C17H25FN2O. The van der Waals surface area contributed by atoms with Crippen LogP contribution in [0.2, 0.25) is 0 Å². The topological polar surface area (TPSA) is 24.5 Å². The molecule has 2 aliphatic rings. The number of benzene rings is 1. The smallest absolute Gasteiger partial charge is 0.165 e. The van der Waals surface area contributed by atoms with E-state index >= 15 is 0 Å². The minimum atomic E-state index is -0.275. The molecule has 2 atom stereocenters. The number of rotatable bonds is 4. The van der Waals surface area contributed by atoms with E-state index < -0.39 is 0 Å². The Morgan fingerprint density at radius 1 is 1.43 bits per heavy atom. The van der Waals surface area contributed by atoms with Gasteiger partial charge < -0.3 is 10.1 Å². The Balaban J connectivity index is 1.71. The van der Waals surface area contributed by atoms with Gasteiger partial charge in [-0.1, -0.05) is 6.07 Å². The maximum Gasteiger partial charge on any atom is 0.165 e. The van der Waals surface area contributed by atoms with Gasteiger partial charge in [-0.05, 0) is 50.3 Å². The lowest BCUT2D eigenvalue weighted by Crippen LogP contribution is -2.62. The van der Waals surface area contributed by atoms with Crippen molar-refractivity contribution in [2.24, 2.45) is 5.92 Å². The molecule has 1 saturated carbocycles. The van der Waals surface area contributed by atoms with E-state index in [0.29, 0.717) is 11.8 Å². The molecule has 0 spiro atoms. The molecule has 1 aliphatic carbocycles. The van der Waals surface area contributed by atoms with Crippen molar-refractivity contribution in [3.8, 4) is 5.75 Å². The quantitative estimate of drug-likeness (QED) is 0.923. The first-order valence-electron chi connectivity index (χ1n) is 7.83. The fourth-order valence-corrected chi connectivity index (χ4v) is 3.39. The van der Waals surface area contributed by atoms with Crippen molar-refractivity contribution in [1.82, 2.24) is 10.2 Å². The zero-order valence-corrected chi connectivity index (χ0v) is 13.2. The standard InChI is InChI=1S/C17H25FN2O/c1-12-9-19-17(2,14-5-6-14)11-20(12)10-13-4-7-16(21-3)15(18)8-13/h4,7-8,12,14,19H,5-6,9-11H2,1-3H3. The third-order valence-electron chi connectivity index (χ3n) is 5.04. The van der Waals surface area contributed by atoms with Crippen molar-refractivity contribution in [2.45, 2.75) is 44.8 Å². The summed E-state index contributed by atoms with van der Waals surface area (Å²) in [6.07, 6.45) is 2.67. The number of halogens is 1. The number of piperazine rings is 1. The highest BCUT2D eigenvalue weighted by molar-refractivity contribution is 5.29. The van der Waals surface area contributed by atoms with Crippen molar-refractivity contribution < 1.29 is 9.13 Å². The van der Waals surface area contributed by atoms with Crippen LogP contribution in [-0.2, 0) is 6.54 Å². The molecule has 3 rings (SSSR count). The average Bonchev–Trinajstić information content (AvgIpc) is 3.28. The highest BCUT2D eigenvalue weighted by Gasteiger charge is 2.45. The predicted octanol–water partition coefficient (Wildman–Crippen LogP) is 2.80. The molecule has 0 radical (unpaired) electrons. The highest BCUT2D eigenvalue weighted by Crippen LogP contribution is 2.41. The third kappa shape index (κ3) is 3.06. The van der Waals surface area contributed by atoms with Gasteiger partial charge in [-0.15, -0.1) is 0 Å². The third-order valence-corrected chi connectivity index (χ3v) is 5.04. The van der Waals surface area contributed by atoms with E-state index in [1.165, 1.54) is 20.0 Å². The zero-order chi connectivity index (χ0) is 15.0. The summed E-state index contributed by atoms with van der Waals surface area (Å²) in [7, 11) is 1.50. The molecule has 1 saturated heterocycles. The van der Waals surface area contributed by atoms with Crippen molar-refractivity contribution in [1.29, 1.82) is 0 Å². The summed E-state index contributed by atoms with van der Waals surface area (Å²) in [5, 5.41) is 3.72. The number of hydrogen-bond donors (Lipinski definition) is 1. The molecule has 1 aromatic rings. The van der Waals surface area contributed by atoms with Crippen LogP contribution in [0.3, 0.4) is 0 Å². The molecule has 1 heterocycles. The van der Waals surface area contributed by atoms with Crippen molar-refractivity contribution >= 4 is 0 Å². The summed E-state index contributed by atoms with van der Waals surface area (Å²) in [6.45, 7) is 7.40. The summed E-state index contributed by atoms with van der Waals surface area (Å²) in [5.41, 5.74) is 1.23. The van der Waals surface area contributed by atoms with Gasteiger partial charge in [-0.3, -0.25) is 4.90 Å². The molecule has 0 bridgehead atoms. The zero-order valence-electron chi connectivity index (χ0n) is 13.2. The minimum absolute atomic E-state index is 0.220. The monoisotopic (exact) mass is 292 g/mol. The molecule has 1 aliphatic heterocycles. The molecule has 2 unspecified atom stereocenters. The van der Waals surface area contributed by atoms with Gasteiger partial charge in [0.25, 0.3) is 0 Å². The van der Waals surface area contributed by atoms with Crippen LogP contribution in [-0.4, -0.2) is 36.7 Å². The predicted molar refractivity (Wildman–Crippen MR) is 82.0 cm³/mol. The summed E-state index contributed by atoms with van der Waals surface area (Å²) < 4.78 is 18.8. The van der Waals surface area contributed by atoms with E-state index in [1.807, 2.05) is 6.07 Å². The highest BCUT2D eigenvalue weighted by atomic mass is 19.1. The summed E-state index contributed by atoms with van der Waals surface area (Å²) in [4.78, 5) is 2.47. The van der Waals surface area contributed by atoms with Gasteiger partial charge in [-0.2, -0.15) is 0 Å². The van der Waals surface area contributed by atoms with Crippen LogP contribution in [0.1, 0.15) is 32.3 Å². The minimum Gasteiger partial charge on any atom is -0.494 e. The Bertz CT molecular complexity index is 518. The Hall–Kier alpha value is -1.13.